The van der Waals surface area contributed by atoms with Crippen LogP contribution in [-0.4, -0.2) is 49.3 Å². The molecule has 0 radical (unpaired) electrons. The number of hydrogen-bond acceptors (Lipinski definition) is 5. The molecule has 2 aromatic rings. The van der Waals surface area contributed by atoms with E-state index in [-0.39, 0.29) is 39.9 Å². The smallest absolute Gasteiger partial charge is 0.247 e. The van der Waals surface area contributed by atoms with Gasteiger partial charge < -0.3 is 24.8 Å². The van der Waals surface area contributed by atoms with E-state index in [0.717, 1.165) is 58.9 Å². The van der Waals surface area contributed by atoms with Crippen LogP contribution in [0.3, 0.4) is 0 Å². The number of aliphatic hydroxyl groups excluding tert-OH is 2. The van der Waals surface area contributed by atoms with Crippen LogP contribution in [0.5, 0.6) is 0 Å². The number of allylic oxidation sites excluding steroid dienone is 3. The van der Waals surface area contributed by atoms with Gasteiger partial charge in [0, 0.05) is 44.5 Å². The van der Waals surface area contributed by atoms with Crippen molar-refractivity contribution < 1.29 is 24.5 Å². The van der Waals surface area contributed by atoms with Crippen molar-refractivity contribution in [3.05, 3.63) is 76.0 Å². The molecule has 9 atom stereocenters. The van der Waals surface area contributed by atoms with Gasteiger partial charge in [0.25, 0.3) is 0 Å². The number of carbonyl (C=O) groups is 2. The molecule has 0 unspecified atom stereocenters. The van der Waals surface area contributed by atoms with Gasteiger partial charge in [-0.2, -0.15) is 0 Å². The first kappa shape index (κ1) is 37.7. The van der Waals surface area contributed by atoms with Crippen molar-refractivity contribution in [2.24, 2.45) is 28.6 Å². The van der Waals surface area contributed by atoms with E-state index >= 15 is 0 Å². The van der Waals surface area contributed by atoms with Crippen LogP contribution in [-0.2, 0) is 21.4 Å². The number of rotatable bonds is 4. The van der Waals surface area contributed by atoms with E-state index in [4.69, 9.17) is 4.74 Å². The molecular formula is C47H62N2O5. The molecule has 2 saturated carbocycles. The number of aromatic nitrogens is 1. The van der Waals surface area contributed by atoms with E-state index in [1.165, 1.54) is 11.3 Å². The minimum atomic E-state index is -0.854. The maximum absolute atomic E-state index is 14.9. The lowest BCUT2D eigenvalue weighted by molar-refractivity contribution is -0.144. The number of hydrogen-bond donors (Lipinski definition) is 3. The van der Waals surface area contributed by atoms with E-state index in [2.05, 4.69) is 83.1 Å². The molecule has 4 aliphatic carbocycles. The largest absolute Gasteiger partial charge is 0.392 e. The number of fused-ring (bicyclic) bond motifs is 11. The average molecular weight is 735 g/mol. The maximum atomic E-state index is 14.9. The molecule has 3 heterocycles. The second-order valence-electron chi connectivity index (χ2n) is 20.7. The molecule has 1 aromatic carbocycles. The second-order valence-corrected chi connectivity index (χ2v) is 20.7. The summed E-state index contributed by atoms with van der Waals surface area (Å²) in [6, 6.07) is 1.78. The third-order valence-corrected chi connectivity index (χ3v) is 15.3. The number of benzene rings is 1. The molecule has 7 nitrogen and oxygen atoms in total. The SMILES string of the molecule is C=C(C)[C@H]1C(=O)c2c3c(cc4c5c(n1c24)[C@@]1(C)[C@@H](CC[C@H]2[C@](C)(/C=C/C=C(\C)C(=O)NC(C)(C)C)[C@@H](O)CC[C@@]21C)C5)C1=CC(C)(C)OC(C)(C)[C@H]1[C@@H]3O. The van der Waals surface area contributed by atoms with E-state index < -0.39 is 34.9 Å². The van der Waals surface area contributed by atoms with E-state index in [1.54, 1.807) is 0 Å². The first-order valence-electron chi connectivity index (χ1n) is 20.3. The summed E-state index contributed by atoms with van der Waals surface area (Å²) in [4.78, 5) is 27.8. The van der Waals surface area contributed by atoms with Crippen LogP contribution in [0, 0.1) is 28.6 Å². The van der Waals surface area contributed by atoms with Crippen LogP contribution in [0.4, 0.5) is 0 Å². The molecule has 2 fully saturated rings. The molecular weight excluding hydrogens is 673 g/mol. The summed E-state index contributed by atoms with van der Waals surface area (Å²) in [6.07, 6.45) is 11.4. The van der Waals surface area contributed by atoms with Gasteiger partial charge >= 0.3 is 0 Å². The van der Waals surface area contributed by atoms with Gasteiger partial charge in [0.05, 0.1) is 34.5 Å². The Morgan fingerprint density at radius 2 is 1.74 bits per heavy atom. The van der Waals surface area contributed by atoms with Gasteiger partial charge in [-0.3, -0.25) is 9.59 Å². The molecule has 2 aliphatic heterocycles. The topological polar surface area (TPSA) is 101 Å². The molecule has 0 bridgehead atoms. The molecule has 0 saturated heterocycles. The zero-order chi connectivity index (χ0) is 39.5. The molecule has 6 aliphatic rings. The minimum Gasteiger partial charge on any atom is -0.392 e. The number of nitrogens with zero attached hydrogens (tertiary/aromatic N) is 1. The average Bonchev–Trinajstić information content (AvgIpc) is 3.71. The number of Topliss-reactive ketones (excluding diaryl/α,β-unsaturated/α-hetero) is 1. The van der Waals surface area contributed by atoms with Gasteiger partial charge in [0.15, 0.2) is 5.78 Å². The molecule has 8 rings (SSSR count). The fraction of sp³-hybridized carbons (Fsp3) is 0.617. The number of ether oxygens (including phenoxy) is 1. The van der Waals surface area contributed by atoms with Crippen LogP contribution in [0.25, 0.3) is 16.5 Å². The molecule has 290 valence electrons. The minimum absolute atomic E-state index is 0.0347. The third kappa shape index (κ3) is 4.82. The van der Waals surface area contributed by atoms with Crippen molar-refractivity contribution in [1.82, 2.24) is 9.88 Å². The summed E-state index contributed by atoms with van der Waals surface area (Å²) in [5, 5.41) is 28.2. The maximum Gasteiger partial charge on any atom is 0.247 e. The van der Waals surface area contributed by atoms with E-state index in [9.17, 15) is 19.8 Å². The number of amides is 1. The zero-order valence-corrected chi connectivity index (χ0v) is 34.7. The molecule has 1 aromatic heterocycles. The van der Waals surface area contributed by atoms with Crippen LogP contribution >= 0.6 is 0 Å². The van der Waals surface area contributed by atoms with Gasteiger partial charge in [-0.05, 0) is 141 Å². The van der Waals surface area contributed by atoms with Gasteiger partial charge in [-0.1, -0.05) is 51.2 Å². The summed E-state index contributed by atoms with van der Waals surface area (Å²) >= 11 is 0. The second kappa shape index (κ2) is 11.4. The van der Waals surface area contributed by atoms with Crippen molar-refractivity contribution >= 4 is 28.2 Å². The highest BCUT2D eigenvalue weighted by molar-refractivity contribution is 6.18. The Bertz CT molecular complexity index is 2140. The normalized spacial score (nSPS) is 37.5. The highest BCUT2D eigenvalue weighted by Crippen LogP contribution is 2.71. The standard InChI is InChI=1S/C47H62N2O5/c1-24(2)36-39(52)34-33-27(30-23-43(7,8)54-44(9,10)35(30)38(33)51)22-28-29-21-26-16-17-31-45(11,19-14-15-25(3)41(53)48-42(4,5)6)32(50)18-20-46(31,12)47(26,13)40(29)49(36)37(28)34/h14-15,19,22-23,26,31-32,35-36,38,50-51H,1,16-18,20-21H2,2-13H3,(H,48,53)/b19-14+,25-15+/t26-,31-,32-,35+,36-,38+,45-,46-,47+/m0/s1. The Labute approximate surface area is 322 Å². The van der Waals surface area contributed by atoms with Crippen molar-refractivity contribution in [2.75, 3.05) is 0 Å². The van der Waals surface area contributed by atoms with Crippen LogP contribution < -0.4 is 5.32 Å². The lowest BCUT2D eigenvalue weighted by Gasteiger charge is -2.64. The van der Waals surface area contributed by atoms with Crippen molar-refractivity contribution in [1.29, 1.82) is 0 Å². The fourth-order valence-corrected chi connectivity index (χ4v) is 13.0. The predicted octanol–water partition coefficient (Wildman–Crippen LogP) is 9.01. The summed E-state index contributed by atoms with van der Waals surface area (Å²) in [5.74, 6) is 0.232. The number of ketones is 1. The molecule has 0 spiro atoms. The highest BCUT2D eigenvalue weighted by Gasteiger charge is 2.67. The monoisotopic (exact) mass is 734 g/mol. The number of carbonyl (C=O) groups excluding carboxylic acids is 2. The van der Waals surface area contributed by atoms with Crippen LogP contribution in [0.2, 0.25) is 0 Å². The Kier molecular flexibility index (Phi) is 7.96. The molecule has 7 heteroatoms. The van der Waals surface area contributed by atoms with Gasteiger partial charge in [-0.15, -0.1) is 0 Å². The zero-order valence-electron chi connectivity index (χ0n) is 34.7. The van der Waals surface area contributed by atoms with Crippen molar-refractivity contribution in [3.63, 3.8) is 0 Å². The van der Waals surface area contributed by atoms with Crippen LogP contribution in [0.15, 0.2) is 48.1 Å². The Balaban J connectivity index is 1.29. The van der Waals surface area contributed by atoms with Crippen molar-refractivity contribution in [3.8, 4) is 0 Å². The fourth-order valence-electron chi connectivity index (χ4n) is 13.0. The van der Waals surface area contributed by atoms with E-state index in [0.29, 0.717) is 23.5 Å². The molecule has 54 heavy (non-hydrogen) atoms. The van der Waals surface area contributed by atoms with Crippen LogP contribution in [0.1, 0.15) is 154 Å². The molecule has 3 N–H and O–H groups in total. The number of aliphatic hydroxyl groups is 2. The highest BCUT2D eigenvalue weighted by atomic mass is 16.5. The Morgan fingerprint density at radius 3 is 2.39 bits per heavy atom. The summed E-state index contributed by atoms with van der Waals surface area (Å²) in [6.45, 7) is 29.6. The first-order valence-corrected chi connectivity index (χ1v) is 20.3. The summed E-state index contributed by atoms with van der Waals surface area (Å²) in [5.41, 5.74) is 6.09. The van der Waals surface area contributed by atoms with Gasteiger partial charge in [-0.25, -0.2) is 0 Å². The predicted molar refractivity (Wildman–Crippen MR) is 215 cm³/mol. The van der Waals surface area contributed by atoms with Gasteiger partial charge in [0.2, 0.25) is 5.91 Å². The Morgan fingerprint density at radius 1 is 1.06 bits per heavy atom. The van der Waals surface area contributed by atoms with Gasteiger partial charge in [0.1, 0.15) is 6.04 Å². The summed E-state index contributed by atoms with van der Waals surface area (Å²) in [7, 11) is 0. The van der Waals surface area contributed by atoms with E-state index in [1.807, 2.05) is 46.8 Å². The quantitative estimate of drug-likeness (QED) is 0.165. The van der Waals surface area contributed by atoms with Crippen molar-refractivity contribution in [2.45, 2.75) is 156 Å². The summed E-state index contributed by atoms with van der Waals surface area (Å²) < 4.78 is 8.91. The number of nitrogens with one attached hydrogen (secondary N) is 1. The first-order chi connectivity index (χ1) is 24.9. The lowest BCUT2D eigenvalue weighted by atomic mass is 9.40. The third-order valence-electron chi connectivity index (χ3n) is 15.3. The Hall–Kier alpha value is -3.26. The molecule has 1 amide bonds. The lowest BCUT2D eigenvalue weighted by Crippen LogP contribution is -2.62.